The molecular weight excluding hydrogens is 344 g/mol. The number of anilines is 1. The van der Waals surface area contributed by atoms with Crippen LogP contribution in [0.4, 0.5) is 5.95 Å². The Bertz CT molecular complexity index is 873. The van der Waals surface area contributed by atoms with Crippen molar-refractivity contribution in [1.29, 1.82) is 0 Å². The fourth-order valence-electron chi connectivity index (χ4n) is 3.81. The second-order valence-corrected chi connectivity index (χ2v) is 7.39. The quantitative estimate of drug-likeness (QED) is 0.707. The summed E-state index contributed by atoms with van der Waals surface area (Å²) in [7, 11) is 1.66. The van der Waals surface area contributed by atoms with Gasteiger partial charge in [0.2, 0.25) is 5.95 Å². The normalized spacial score (nSPS) is 15.7. The number of aryl methyl sites for hydroxylation is 2. The van der Waals surface area contributed by atoms with Crippen LogP contribution in [0.3, 0.4) is 0 Å². The number of piperazine rings is 1. The topological polar surface area (TPSA) is 79.2 Å². The summed E-state index contributed by atoms with van der Waals surface area (Å²) in [6, 6.07) is 0. The molecule has 0 unspecified atom stereocenters. The highest BCUT2D eigenvalue weighted by molar-refractivity contribution is 5.74. The highest BCUT2D eigenvalue weighted by Crippen LogP contribution is 2.22. The van der Waals surface area contributed by atoms with Crippen LogP contribution in [0.1, 0.15) is 46.0 Å². The summed E-state index contributed by atoms with van der Waals surface area (Å²) in [4.78, 5) is 36.4. The first-order valence-corrected chi connectivity index (χ1v) is 10.2. The summed E-state index contributed by atoms with van der Waals surface area (Å²) in [5.41, 5.74) is 0.237. The molecule has 2 aromatic rings. The molecule has 150 valence electrons. The lowest BCUT2D eigenvalue weighted by Crippen LogP contribution is -2.47. The van der Waals surface area contributed by atoms with Crippen LogP contribution >= 0.6 is 0 Å². The molecule has 0 bridgehead atoms. The molecule has 0 radical (unpaired) electrons. The van der Waals surface area contributed by atoms with Gasteiger partial charge in [-0.05, 0) is 13.0 Å². The number of aromatic nitrogens is 4. The third-order valence-corrected chi connectivity index (χ3v) is 5.57. The number of imidazole rings is 1. The molecule has 1 aliphatic heterocycles. The molecule has 1 saturated heterocycles. The summed E-state index contributed by atoms with van der Waals surface area (Å²) in [6.07, 6.45) is 5.81. The molecule has 2 aromatic heterocycles. The minimum atomic E-state index is -0.414. The Morgan fingerprint density at radius 2 is 1.70 bits per heavy atom. The number of H-pyrrole nitrogens is 1. The van der Waals surface area contributed by atoms with Crippen LogP contribution in [0.2, 0.25) is 0 Å². The van der Waals surface area contributed by atoms with Gasteiger partial charge in [0.05, 0.1) is 0 Å². The number of likely N-dealkylation sites (N-methyl/N-ethyl adjacent to an activating group) is 1. The summed E-state index contributed by atoms with van der Waals surface area (Å²) in [5.74, 6) is 0.822. The van der Waals surface area contributed by atoms with Crippen LogP contribution in [-0.2, 0) is 13.6 Å². The Hall–Kier alpha value is -2.09. The third-order valence-electron chi connectivity index (χ3n) is 5.57. The molecule has 1 fully saturated rings. The van der Waals surface area contributed by atoms with Crippen LogP contribution in [0.15, 0.2) is 9.59 Å². The van der Waals surface area contributed by atoms with Crippen LogP contribution < -0.4 is 16.1 Å². The number of unbranched alkanes of at least 4 members (excludes halogenated alkanes) is 4. The first kappa shape index (κ1) is 19.7. The van der Waals surface area contributed by atoms with Crippen LogP contribution in [-0.4, -0.2) is 56.7 Å². The molecular formula is C19H32N6O2. The molecule has 3 heterocycles. The second kappa shape index (κ2) is 8.73. The molecule has 0 aromatic carbocycles. The zero-order valence-corrected chi connectivity index (χ0v) is 16.8. The molecule has 0 saturated carbocycles. The van der Waals surface area contributed by atoms with E-state index in [0.29, 0.717) is 11.2 Å². The maximum atomic E-state index is 12.5. The van der Waals surface area contributed by atoms with E-state index in [0.717, 1.165) is 58.1 Å². The van der Waals surface area contributed by atoms with E-state index in [1.165, 1.54) is 23.8 Å². The summed E-state index contributed by atoms with van der Waals surface area (Å²) < 4.78 is 3.47. The lowest BCUT2D eigenvalue weighted by atomic mass is 10.1. The maximum absolute atomic E-state index is 12.5. The molecule has 0 atom stereocenters. The highest BCUT2D eigenvalue weighted by Gasteiger charge is 2.24. The second-order valence-electron chi connectivity index (χ2n) is 7.39. The molecule has 1 N–H and O–H groups in total. The van der Waals surface area contributed by atoms with Gasteiger partial charge in [-0.25, -0.2) is 4.79 Å². The SMILES string of the molecule is CCCCCCCn1c(N2CCN(CC)CC2)nc2c1c(=O)[nH]c(=O)n2C. The lowest BCUT2D eigenvalue weighted by Gasteiger charge is -2.34. The van der Waals surface area contributed by atoms with Gasteiger partial charge in [-0.3, -0.25) is 14.3 Å². The van der Waals surface area contributed by atoms with Crippen LogP contribution in [0.25, 0.3) is 11.2 Å². The number of nitrogens with one attached hydrogen (secondary N) is 1. The Kier molecular flexibility index (Phi) is 6.36. The monoisotopic (exact) mass is 376 g/mol. The van der Waals surface area contributed by atoms with Crippen molar-refractivity contribution in [2.75, 3.05) is 37.6 Å². The van der Waals surface area contributed by atoms with Crippen molar-refractivity contribution in [1.82, 2.24) is 24.0 Å². The highest BCUT2D eigenvalue weighted by atomic mass is 16.2. The van der Waals surface area contributed by atoms with Gasteiger partial charge in [-0.2, -0.15) is 4.98 Å². The van der Waals surface area contributed by atoms with E-state index < -0.39 is 5.69 Å². The predicted molar refractivity (Wildman–Crippen MR) is 109 cm³/mol. The Morgan fingerprint density at radius 3 is 2.37 bits per heavy atom. The van der Waals surface area contributed by atoms with E-state index in [4.69, 9.17) is 4.98 Å². The minimum absolute atomic E-state index is 0.340. The van der Waals surface area contributed by atoms with Crippen molar-refractivity contribution < 1.29 is 0 Å². The van der Waals surface area contributed by atoms with Crippen molar-refractivity contribution >= 4 is 17.1 Å². The van der Waals surface area contributed by atoms with Crippen molar-refractivity contribution in [3.63, 3.8) is 0 Å². The fraction of sp³-hybridized carbons (Fsp3) is 0.737. The number of fused-ring (bicyclic) bond motifs is 1. The van der Waals surface area contributed by atoms with E-state index in [1.54, 1.807) is 7.05 Å². The largest absolute Gasteiger partial charge is 0.340 e. The first-order valence-electron chi connectivity index (χ1n) is 10.2. The maximum Gasteiger partial charge on any atom is 0.329 e. The first-order chi connectivity index (χ1) is 13.1. The smallest absolute Gasteiger partial charge is 0.329 e. The summed E-state index contributed by atoms with van der Waals surface area (Å²) in [5, 5.41) is 0. The molecule has 1 aliphatic rings. The number of nitrogens with zero attached hydrogens (tertiary/aromatic N) is 5. The number of rotatable bonds is 8. The van der Waals surface area contributed by atoms with E-state index >= 15 is 0 Å². The third kappa shape index (κ3) is 4.10. The van der Waals surface area contributed by atoms with E-state index in [9.17, 15) is 9.59 Å². The molecule has 8 nitrogen and oxygen atoms in total. The van der Waals surface area contributed by atoms with Gasteiger partial charge >= 0.3 is 5.69 Å². The Balaban J connectivity index is 1.94. The fourth-order valence-corrected chi connectivity index (χ4v) is 3.81. The average Bonchev–Trinajstić information content (AvgIpc) is 3.06. The zero-order chi connectivity index (χ0) is 19.4. The zero-order valence-electron chi connectivity index (χ0n) is 16.8. The molecule has 0 amide bonds. The van der Waals surface area contributed by atoms with Gasteiger partial charge < -0.3 is 14.4 Å². The van der Waals surface area contributed by atoms with E-state index in [1.807, 2.05) is 4.57 Å². The van der Waals surface area contributed by atoms with Gasteiger partial charge in [0, 0.05) is 39.8 Å². The van der Waals surface area contributed by atoms with E-state index in [2.05, 4.69) is 28.6 Å². The summed E-state index contributed by atoms with van der Waals surface area (Å²) >= 11 is 0. The molecule has 8 heteroatoms. The molecule has 3 rings (SSSR count). The average molecular weight is 377 g/mol. The van der Waals surface area contributed by atoms with Crippen molar-refractivity contribution in [3.05, 3.63) is 20.8 Å². The number of hydrogen-bond donors (Lipinski definition) is 1. The van der Waals surface area contributed by atoms with Crippen molar-refractivity contribution in [2.24, 2.45) is 7.05 Å². The minimum Gasteiger partial charge on any atom is -0.340 e. The molecule has 0 aliphatic carbocycles. The van der Waals surface area contributed by atoms with Gasteiger partial charge in [0.15, 0.2) is 11.2 Å². The van der Waals surface area contributed by atoms with Gasteiger partial charge in [0.25, 0.3) is 5.56 Å². The molecule has 27 heavy (non-hydrogen) atoms. The van der Waals surface area contributed by atoms with E-state index in [-0.39, 0.29) is 5.56 Å². The van der Waals surface area contributed by atoms with Gasteiger partial charge in [-0.15, -0.1) is 0 Å². The van der Waals surface area contributed by atoms with Crippen molar-refractivity contribution in [3.8, 4) is 0 Å². The lowest BCUT2D eigenvalue weighted by molar-refractivity contribution is 0.269. The van der Waals surface area contributed by atoms with Gasteiger partial charge in [0.1, 0.15) is 0 Å². The Morgan fingerprint density at radius 1 is 1.00 bits per heavy atom. The van der Waals surface area contributed by atoms with Crippen LogP contribution in [0.5, 0.6) is 0 Å². The molecule has 0 spiro atoms. The van der Waals surface area contributed by atoms with Crippen LogP contribution in [0, 0.1) is 0 Å². The number of hydrogen-bond acceptors (Lipinski definition) is 5. The van der Waals surface area contributed by atoms with Crippen molar-refractivity contribution in [2.45, 2.75) is 52.5 Å². The summed E-state index contributed by atoms with van der Waals surface area (Å²) in [6.45, 7) is 9.95. The standard InChI is InChI=1S/C19H32N6O2/c1-4-6-7-8-9-10-25-15-16(22(3)19(27)21-17(15)26)20-18(25)24-13-11-23(5-2)12-14-24/h4-14H2,1-3H3,(H,21,26,27). The number of aromatic amines is 1. The van der Waals surface area contributed by atoms with Gasteiger partial charge in [-0.1, -0.05) is 39.5 Å². The Labute approximate surface area is 159 Å². The predicted octanol–water partition coefficient (Wildman–Crippen LogP) is 1.54.